The highest BCUT2D eigenvalue weighted by molar-refractivity contribution is 5.79. The Morgan fingerprint density at radius 2 is 2.16 bits per heavy atom. The number of rotatable bonds is 3. The normalized spacial score (nSPS) is 27.0. The van der Waals surface area contributed by atoms with E-state index in [-0.39, 0.29) is 30.2 Å². The van der Waals surface area contributed by atoms with Crippen molar-refractivity contribution in [2.45, 2.75) is 38.8 Å². The molecule has 3 atom stereocenters. The quantitative estimate of drug-likeness (QED) is 0.875. The zero-order valence-electron chi connectivity index (χ0n) is 11.4. The van der Waals surface area contributed by atoms with Gasteiger partial charge < -0.3 is 10.6 Å². The number of carbonyl (C=O) groups excluding carboxylic acids is 1. The first kappa shape index (κ1) is 14.0. The lowest BCUT2D eigenvalue weighted by atomic mass is 9.89. The zero-order valence-corrected chi connectivity index (χ0v) is 11.4. The lowest BCUT2D eigenvalue weighted by Crippen LogP contribution is -2.56. The van der Waals surface area contributed by atoms with Crippen molar-refractivity contribution in [1.82, 2.24) is 10.6 Å². The fourth-order valence-electron chi connectivity index (χ4n) is 2.66. The predicted octanol–water partition coefficient (Wildman–Crippen LogP) is 1.87. The van der Waals surface area contributed by atoms with Gasteiger partial charge in [-0.15, -0.1) is 0 Å². The van der Waals surface area contributed by atoms with Gasteiger partial charge in [0, 0.05) is 12.1 Å². The van der Waals surface area contributed by atoms with Gasteiger partial charge in [0.05, 0.1) is 6.42 Å². The second-order valence-corrected chi connectivity index (χ2v) is 5.37. The number of nitrogens with one attached hydrogen (secondary N) is 2. The highest BCUT2D eigenvalue weighted by Crippen LogP contribution is 2.16. The molecule has 1 aromatic rings. The fraction of sp³-hybridized carbons (Fsp3) is 0.533. The number of carbonyl (C=O) groups is 1. The van der Waals surface area contributed by atoms with E-state index in [4.69, 9.17) is 0 Å². The van der Waals surface area contributed by atoms with Crippen LogP contribution in [0.15, 0.2) is 24.3 Å². The standard InChI is InChI=1S/C15H21FN2O/c1-10-7-8-17-11(2)15(10)18-14(19)9-12-5-3-4-6-13(12)16/h3-6,10-11,15,17H,7-9H2,1-2H3,(H,18,19). The number of hydrogen-bond donors (Lipinski definition) is 2. The molecule has 2 rings (SSSR count). The molecule has 3 nitrogen and oxygen atoms in total. The van der Waals surface area contributed by atoms with E-state index in [2.05, 4.69) is 24.5 Å². The van der Waals surface area contributed by atoms with Crippen molar-refractivity contribution in [3.05, 3.63) is 35.6 Å². The van der Waals surface area contributed by atoms with Crippen LogP contribution in [0.2, 0.25) is 0 Å². The van der Waals surface area contributed by atoms with Gasteiger partial charge in [0.25, 0.3) is 0 Å². The third-order valence-corrected chi connectivity index (χ3v) is 3.85. The molecule has 0 saturated carbocycles. The van der Waals surface area contributed by atoms with Crippen molar-refractivity contribution in [2.24, 2.45) is 5.92 Å². The van der Waals surface area contributed by atoms with Gasteiger partial charge >= 0.3 is 0 Å². The van der Waals surface area contributed by atoms with Gasteiger partial charge in [-0.05, 0) is 37.4 Å². The zero-order chi connectivity index (χ0) is 13.8. The molecule has 1 amide bonds. The van der Waals surface area contributed by atoms with Gasteiger partial charge in [-0.2, -0.15) is 0 Å². The molecule has 4 heteroatoms. The van der Waals surface area contributed by atoms with Crippen molar-refractivity contribution in [3.8, 4) is 0 Å². The molecule has 0 spiro atoms. The van der Waals surface area contributed by atoms with Gasteiger partial charge in [0.1, 0.15) is 5.82 Å². The van der Waals surface area contributed by atoms with Crippen LogP contribution in [0, 0.1) is 11.7 Å². The maximum atomic E-state index is 13.5. The number of halogens is 1. The smallest absolute Gasteiger partial charge is 0.224 e. The van der Waals surface area contributed by atoms with Crippen LogP contribution in [0.1, 0.15) is 25.8 Å². The van der Waals surface area contributed by atoms with E-state index >= 15 is 0 Å². The summed E-state index contributed by atoms with van der Waals surface area (Å²) in [7, 11) is 0. The number of hydrogen-bond acceptors (Lipinski definition) is 2. The van der Waals surface area contributed by atoms with E-state index < -0.39 is 0 Å². The largest absolute Gasteiger partial charge is 0.351 e. The number of amides is 1. The Hall–Kier alpha value is -1.42. The molecule has 3 unspecified atom stereocenters. The molecule has 0 aliphatic carbocycles. The highest BCUT2D eigenvalue weighted by Gasteiger charge is 2.28. The second kappa shape index (κ2) is 6.15. The van der Waals surface area contributed by atoms with Gasteiger partial charge in [-0.3, -0.25) is 4.79 Å². The Labute approximate surface area is 113 Å². The molecule has 1 aliphatic heterocycles. The van der Waals surface area contributed by atoms with E-state index in [0.717, 1.165) is 13.0 Å². The molecule has 1 saturated heterocycles. The van der Waals surface area contributed by atoms with Crippen molar-refractivity contribution in [3.63, 3.8) is 0 Å². The van der Waals surface area contributed by atoms with Crippen LogP contribution in [0.4, 0.5) is 4.39 Å². The second-order valence-electron chi connectivity index (χ2n) is 5.37. The average molecular weight is 264 g/mol. The van der Waals surface area contributed by atoms with Gasteiger partial charge in [0.15, 0.2) is 0 Å². The first-order valence-corrected chi connectivity index (χ1v) is 6.84. The molecule has 0 bridgehead atoms. The summed E-state index contributed by atoms with van der Waals surface area (Å²) >= 11 is 0. The fourth-order valence-corrected chi connectivity index (χ4v) is 2.66. The summed E-state index contributed by atoms with van der Waals surface area (Å²) in [5.41, 5.74) is 0.448. The summed E-state index contributed by atoms with van der Waals surface area (Å²) in [6.45, 7) is 5.21. The maximum absolute atomic E-state index is 13.5. The molecular formula is C15H21FN2O. The van der Waals surface area contributed by atoms with Gasteiger partial charge in [0.2, 0.25) is 5.91 Å². The summed E-state index contributed by atoms with van der Waals surface area (Å²) in [6.07, 6.45) is 1.15. The molecule has 104 valence electrons. The molecule has 1 heterocycles. The molecule has 19 heavy (non-hydrogen) atoms. The minimum atomic E-state index is -0.319. The summed E-state index contributed by atoms with van der Waals surface area (Å²) < 4.78 is 13.5. The molecule has 1 aliphatic rings. The Balaban J connectivity index is 1.96. The molecule has 0 radical (unpaired) electrons. The first-order valence-electron chi connectivity index (χ1n) is 6.84. The Kier molecular flexibility index (Phi) is 4.53. The molecule has 2 N–H and O–H groups in total. The van der Waals surface area contributed by atoms with Crippen LogP contribution in [0.25, 0.3) is 0 Å². The molecule has 1 aromatic carbocycles. The van der Waals surface area contributed by atoms with Crippen molar-refractivity contribution >= 4 is 5.91 Å². The van der Waals surface area contributed by atoms with Crippen LogP contribution in [-0.4, -0.2) is 24.5 Å². The van der Waals surface area contributed by atoms with E-state index in [9.17, 15) is 9.18 Å². The van der Waals surface area contributed by atoms with Gasteiger partial charge in [-0.1, -0.05) is 25.1 Å². The van der Waals surface area contributed by atoms with E-state index in [0.29, 0.717) is 11.5 Å². The van der Waals surface area contributed by atoms with Crippen LogP contribution < -0.4 is 10.6 Å². The third kappa shape index (κ3) is 3.53. The molecular weight excluding hydrogens is 243 g/mol. The maximum Gasteiger partial charge on any atom is 0.224 e. The van der Waals surface area contributed by atoms with Crippen molar-refractivity contribution in [1.29, 1.82) is 0 Å². The minimum absolute atomic E-state index is 0.0998. The minimum Gasteiger partial charge on any atom is -0.351 e. The highest BCUT2D eigenvalue weighted by atomic mass is 19.1. The summed E-state index contributed by atoms with van der Waals surface area (Å²) in [4.78, 5) is 12.0. The summed E-state index contributed by atoms with van der Waals surface area (Å²) in [6, 6.07) is 6.79. The van der Waals surface area contributed by atoms with Crippen LogP contribution >= 0.6 is 0 Å². The van der Waals surface area contributed by atoms with E-state index in [1.807, 2.05) is 0 Å². The topological polar surface area (TPSA) is 41.1 Å². The SMILES string of the molecule is CC1CCNC(C)C1NC(=O)Cc1ccccc1F. The van der Waals surface area contributed by atoms with Crippen molar-refractivity contribution < 1.29 is 9.18 Å². The van der Waals surface area contributed by atoms with Crippen LogP contribution in [0.3, 0.4) is 0 Å². The van der Waals surface area contributed by atoms with Gasteiger partial charge in [-0.25, -0.2) is 4.39 Å². The van der Waals surface area contributed by atoms with Crippen LogP contribution in [0.5, 0.6) is 0 Å². The summed E-state index contributed by atoms with van der Waals surface area (Å²) in [5, 5.41) is 6.38. The Bertz CT molecular complexity index is 440. The number of piperidine rings is 1. The monoisotopic (exact) mass is 264 g/mol. The van der Waals surface area contributed by atoms with E-state index in [1.54, 1.807) is 18.2 Å². The van der Waals surface area contributed by atoms with Crippen LogP contribution in [-0.2, 0) is 11.2 Å². The molecule has 0 aromatic heterocycles. The lowest BCUT2D eigenvalue weighted by molar-refractivity contribution is -0.121. The lowest BCUT2D eigenvalue weighted by Gasteiger charge is -2.36. The molecule has 1 fully saturated rings. The van der Waals surface area contributed by atoms with Crippen molar-refractivity contribution in [2.75, 3.05) is 6.54 Å². The summed E-state index contributed by atoms with van der Waals surface area (Å²) in [5.74, 6) is 0.0128. The first-order chi connectivity index (χ1) is 9.08. The third-order valence-electron chi connectivity index (χ3n) is 3.85. The number of benzene rings is 1. The predicted molar refractivity (Wildman–Crippen MR) is 73.3 cm³/mol. The van der Waals surface area contributed by atoms with E-state index in [1.165, 1.54) is 6.07 Å². The average Bonchev–Trinajstić information content (AvgIpc) is 2.37. The Morgan fingerprint density at radius 3 is 2.84 bits per heavy atom. The Morgan fingerprint density at radius 1 is 1.42 bits per heavy atom.